The second-order valence-electron chi connectivity index (χ2n) is 3.99. The first-order valence-electron chi connectivity index (χ1n) is 5.76. The van der Waals surface area contributed by atoms with Crippen LogP contribution in [0.3, 0.4) is 0 Å². The molecule has 1 unspecified atom stereocenters. The van der Waals surface area contributed by atoms with Crippen molar-refractivity contribution in [2.45, 2.75) is 18.7 Å². The monoisotopic (exact) mass is 303 g/mol. The van der Waals surface area contributed by atoms with Crippen LogP contribution in [0.5, 0.6) is 11.5 Å². The molecule has 17 heavy (non-hydrogen) atoms. The Kier molecular flexibility index (Phi) is 6.41. The zero-order valence-corrected chi connectivity index (χ0v) is 12.4. The molecule has 0 aromatic heterocycles. The van der Waals surface area contributed by atoms with Gasteiger partial charge in [-0.2, -0.15) is 0 Å². The molecule has 0 spiro atoms. The zero-order valence-electron chi connectivity index (χ0n) is 10.7. The van der Waals surface area contributed by atoms with E-state index in [1.54, 1.807) is 14.2 Å². The first-order valence-corrected chi connectivity index (χ1v) is 7.83. The summed E-state index contributed by atoms with van der Waals surface area (Å²) >= 11 is 0.489. The van der Waals surface area contributed by atoms with E-state index in [0.29, 0.717) is 20.9 Å². The van der Waals surface area contributed by atoms with Crippen molar-refractivity contribution in [2.24, 2.45) is 11.7 Å². The van der Waals surface area contributed by atoms with Gasteiger partial charge in [0, 0.05) is 0 Å². The Morgan fingerprint density at radius 1 is 1.24 bits per heavy atom. The van der Waals surface area contributed by atoms with Crippen LogP contribution in [0.15, 0.2) is 18.2 Å². The summed E-state index contributed by atoms with van der Waals surface area (Å²) in [6.07, 6.45) is 1.20. The summed E-state index contributed by atoms with van der Waals surface area (Å²) in [5.41, 5.74) is 5.61. The summed E-state index contributed by atoms with van der Waals surface area (Å²) in [6.45, 7) is 2.98. The molecule has 96 valence electrons. The van der Waals surface area contributed by atoms with Gasteiger partial charge in [-0.25, -0.2) is 0 Å². The molecule has 2 N–H and O–H groups in total. The van der Waals surface area contributed by atoms with Crippen LogP contribution in [0.4, 0.5) is 0 Å². The standard InChI is InChI=1S/C13H21NO2Se/c1-10(9-14)6-7-17-11-4-5-12(15-2)13(8-11)16-3/h4-5,8,10H,6-7,9,14H2,1-3H3. The van der Waals surface area contributed by atoms with Crippen molar-refractivity contribution in [3.05, 3.63) is 18.2 Å². The fourth-order valence-electron chi connectivity index (χ4n) is 1.40. The third-order valence-electron chi connectivity index (χ3n) is 2.64. The van der Waals surface area contributed by atoms with Crippen LogP contribution in [0.2, 0.25) is 5.32 Å². The number of rotatable bonds is 7. The molecule has 1 atom stereocenters. The van der Waals surface area contributed by atoms with Crippen LogP contribution >= 0.6 is 0 Å². The maximum atomic E-state index is 5.61. The molecule has 0 aliphatic rings. The first kappa shape index (κ1) is 14.4. The topological polar surface area (TPSA) is 44.5 Å². The van der Waals surface area contributed by atoms with E-state index in [2.05, 4.69) is 19.1 Å². The van der Waals surface area contributed by atoms with E-state index in [1.807, 2.05) is 6.07 Å². The van der Waals surface area contributed by atoms with Gasteiger partial charge in [-0.3, -0.25) is 0 Å². The average Bonchev–Trinajstić information content (AvgIpc) is 2.38. The summed E-state index contributed by atoms with van der Waals surface area (Å²) in [5.74, 6) is 2.23. The van der Waals surface area contributed by atoms with Crippen LogP contribution in [-0.4, -0.2) is 35.7 Å². The van der Waals surface area contributed by atoms with Gasteiger partial charge in [0.25, 0.3) is 0 Å². The van der Waals surface area contributed by atoms with E-state index in [9.17, 15) is 0 Å². The summed E-state index contributed by atoms with van der Waals surface area (Å²) in [4.78, 5) is 0. The number of methoxy groups -OCH3 is 2. The average molecular weight is 302 g/mol. The molecule has 4 heteroatoms. The van der Waals surface area contributed by atoms with Crippen molar-refractivity contribution in [3.8, 4) is 11.5 Å². The zero-order chi connectivity index (χ0) is 12.7. The molecule has 0 saturated carbocycles. The number of hydrogen-bond donors (Lipinski definition) is 1. The summed E-state index contributed by atoms with van der Waals surface area (Å²) in [7, 11) is 3.33. The van der Waals surface area contributed by atoms with Crippen molar-refractivity contribution in [1.82, 2.24) is 0 Å². The van der Waals surface area contributed by atoms with Gasteiger partial charge in [0.15, 0.2) is 0 Å². The Labute approximate surface area is 110 Å². The van der Waals surface area contributed by atoms with Gasteiger partial charge in [-0.05, 0) is 0 Å². The predicted octanol–water partition coefficient (Wildman–Crippen LogP) is 1.44. The van der Waals surface area contributed by atoms with Crippen molar-refractivity contribution >= 4 is 19.4 Å². The quantitative estimate of drug-likeness (QED) is 0.775. The van der Waals surface area contributed by atoms with E-state index in [-0.39, 0.29) is 0 Å². The molecule has 1 aromatic carbocycles. The van der Waals surface area contributed by atoms with Crippen molar-refractivity contribution < 1.29 is 9.47 Å². The van der Waals surface area contributed by atoms with Crippen LogP contribution in [0.1, 0.15) is 13.3 Å². The number of benzene rings is 1. The van der Waals surface area contributed by atoms with E-state index in [4.69, 9.17) is 15.2 Å². The molecule has 0 bridgehead atoms. The van der Waals surface area contributed by atoms with Crippen LogP contribution in [0, 0.1) is 5.92 Å². The van der Waals surface area contributed by atoms with Gasteiger partial charge < -0.3 is 0 Å². The van der Waals surface area contributed by atoms with Crippen LogP contribution < -0.4 is 19.7 Å². The van der Waals surface area contributed by atoms with Gasteiger partial charge in [-0.1, -0.05) is 0 Å². The Hall–Kier alpha value is -0.701. The second-order valence-corrected chi connectivity index (χ2v) is 6.45. The predicted molar refractivity (Wildman–Crippen MR) is 72.6 cm³/mol. The van der Waals surface area contributed by atoms with Gasteiger partial charge in [0.05, 0.1) is 0 Å². The first-order chi connectivity index (χ1) is 8.21. The third kappa shape index (κ3) is 4.58. The van der Waals surface area contributed by atoms with Crippen molar-refractivity contribution in [2.75, 3.05) is 20.8 Å². The summed E-state index contributed by atoms with van der Waals surface area (Å²) < 4.78 is 11.9. The Balaban J connectivity index is 2.54. The van der Waals surface area contributed by atoms with Gasteiger partial charge in [-0.15, -0.1) is 0 Å². The van der Waals surface area contributed by atoms with Crippen LogP contribution in [0.25, 0.3) is 0 Å². The number of hydrogen-bond acceptors (Lipinski definition) is 3. The Morgan fingerprint density at radius 3 is 2.53 bits per heavy atom. The molecule has 0 aliphatic carbocycles. The maximum absolute atomic E-state index is 5.61. The molecule has 1 rings (SSSR count). The summed E-state index contributed by atoms with van der Waals surface area (Å²) in [6, 6.07) is 6.17. The van der Waals surface area contributed by atoms with Gasteiger partial charge in [0.2, 0.25) is 0 Å². The molecular formula is C13H21NO2Se. The summed E-state index contributed by atoms with van der Waals surface area (Å²) in [5, 5.41) is 1.22. The normalized spacial score (nSPS) is 12.2. The van der Waals surface area contributed by atoms with E-state index in [1.165, 1.54) is 16.2 Å². The molecule has 1 aromatic rings. The molecule has 0 fully saturated rings. The molecule has 0 aliphatic heterocycles. The van der Waals surface area contributed by atoms with Crippen LogP contribution in [-0.2, 0) is 0 Å². The molecule has 0 heterocycles. The fourth-order valence-corrected chi connectivity index (χ4v) is 3.73. The Bertz CT molecular complexity index is 344. The molecule has 0 amide bonds. The number of ether oxygens (including phenoxy) is 2. The molecule has 0 saturated heterocycles. The molecular weight excluding hydrogens is 281 g/mol. The second kappa shape index (κ2) is 7.59. The van der Waals surface area contributed by atoms with Crippen molar-refractivity contribution in [3.63, 3.8) is 0 Å². The minimum atomic E-state index is 0.489. The number of nitrogens with two attached hydrogens (primary N) is 1. The third-order valence-corrected chi connectivity index (χ3v) is 4.79. The Morgan fingerprint density at radius 2 is 1.94 bits per heavy atom. The molecule has 3 nitrogen and oxygen atoms in total. The minimum absolute atomic E-state index is 0.489. The van der Waals surface area contributed by atoms with E-state index < -0.39 is 0 Å². The van der Waals surface area contributed by atoms with Gasteiger partial charge in [0.1, 0.15) is 0 Å². The van der Waals surface area contributed by atoms with E-state index in [0.717, 1.165) is 18.0 Å². The molecule has 0 radical (unpaired) electrons. The fraction of sp³-hybridized carbons (Fsp3) is 0.538. The SMILES string of the molecule is COc1ccc([Se]CCC(C)CN)cc1OC. The van der Waals surface area contributed by atoms with E-state index >= 15 is 0 Å². The van der Waals surface area contributed by atoms with Crippen molar-refractivity contribution in [1.29, 1.82) is 0 Å². The van der Waals surface area contributed by atoms with Gasteiger partial charge >= 0.3 is 110 Å².